The van der Waals surface area contributed by atoms with Crippen LogP contribution in [0.25, 0.3) is 0 Å². The highest BCUT2D eigenvalue weighted by Gasteiger charge is 2.21. The number of ether oxygens (including phenoxy) is 1. The molecule has 4 nitrogen and oxygen atoms in total. The minimum absolute atomic E-state index is 0.210. The van der Waals surface area contributed by atoms with Gasteiger partial charge in [0.05, 0.1) is 11.7 Å². The maximum atomic E-state index is 9.50. The van der Waals surface area contributed by atoms with E-state index in [-0.39, 0.29) is 12.3 Å². The van der Waals surface area contributed by atoms with Crippen LogP contribution in [0.3, 0.4) is 0 Å². The summed E-state index contributed by atoms with van der Waals surface area (Å²) in [4.78, 5) is 0. The van der Waals surface area contributed by atoms with Gasteiger partial charge in [-0.2, -0.15) is 5.26 Å². The number of rotatable bonds is 2. The van der Waals surface area contributed by atoms with E-state index >= 15 is 0 Å². The van der Waals surface area contributed by atoms with Crippen molar-refractivity contribution in [3.63, 3.8) is 0 Å². The van der Waals surface area contributed by atoms with Crippen molar-refractivity contribution >= 4 is 0 Å². The molecular weight excluding hydrogens is 204 g/mol. The van der Waals surface area contributed by atoms with Crippen molar-refractivity contribution in [2.24, 2.45) is 0 Å². The summed E-state index contributed by atoms with van der Waals surface area (Å²) in [6.45, 7) is 0.737. The van der Waals surface area contributed by atoms with Gasteiger partial charge in [0, 0.05) is 13.0 Å². The van der Waals surface area contributed by atoms with Gasteiger partial charge in [0.1, 0.15) is 11.8 Å². The number of aliphatic hydroxyl groups is 1. The number of aliphatic hydroxyl groups excluding tert-OH is 1. The Balaban J connectivity index is 2.06. The molecule has 0 aliphatic carbocycles. The van der Waals surface area contributed by atoms with Gasteiger partial charge in [0.2, 0.25) is 0 Å². The van der Waals surface area contributed by atoms with Gasteiger partial charge in [-0.3, -0.25) is 5.32 Å². The van der Waals surface area contributed by atoms with Gasteiger partial charge in [-0.1, -0.05) is 12.1 Å². The third kappa shape index (κ3) is 2.51. The van der Waals surface area contributed by atoms with E-state index in [0.717, 1.165) is 13.0 Å². The average Bonchev–Trinajstić information content (AvgIpc) is 2.30. The highest BCUT2D eigenvalue weighted by molar-refractivity contribution is 5.42. The van der Waals surface area contributed by atoms with Crippen LogP contribution in [0.15, 0.2) is 24.3 Å². The fourth-order valence-electron chi connectivity index (χ4n) is 1.76. The molecule has 84 valence electrons. The Bertz CT molecular complexity index is 400. The van der Waals surface area contributed by atoms with Crippen LogP contribution in [-0.4, -0.2) is 24.0 Å². The monoisotopic (exact) mass is 218 g/mol. The maximum absolute atomic E-state index is 9.50. The molecule has 0 aromatic heterocycles. The fourth-order valence-corrected chi connectivity index (χ4v) is 1.76. The summed E-state index contributed by atoms with van der Waals surface area (Å²) in [6.07, 6.45) is 0.776. The lowest BCUT2D eigenvalue weighted by molar-refractivity contribution is 0.0426. The first-order valence-electron chi connectivity index (χ1n) is 5.37. The topological polar surface area (TPSA) is 65.3 Å². The molecule has 0 spiro atoms. The molecular formula is C12H14N2O2. The van der Waals surface area contributed by atoms with Crippen molar-refractivity contribution < 1.29 is 9.84 Å². The predicted molar refractivity (Wildman–Crippen MR) is 58.8 cm³/mol. The SMILES string of the molecule is N#Cc1ccccc1OC1CC(O)CCN1. The molecule has 1 aliphatic heterocycles. The number of nitrogens with zero attached hydrogens (tertiary/aromatic N) is 1. The van der Waals surface area contributed by atoms with Crippen molar-refractivity contribution in [1.82, 2.24) is 5.32 Å². The normalized spacial score (nSPS) is 24.8. The number of nitriles is 1. The number of piperidine rings is 1. The molecule has 0 radical (unpaired) electrons. The van der Waals surface area contributed by atoms with Crippen LogP contribution in [0.5, 0.6) is 5.75 Å². The van der Waals surface area contributed by atoms with Crippen LogP contribution in [0.2, 0.25) is 0 Å². The van der Waals surface area contributed by atoms with Crippen molar-refractivity contribution in [2.45, 2.75) is 25.2 Å². The van der Waals surface area contributed by atoms with Gasteiger partial charge in [-0.05, 0) is 18.6 Å². The fraction of sp³-hybridized carbons (Fsp3) is 0.417. The summed E-state index contributed by atoms with van der Waals surface area (Å²) < 4.78 is 5.65. The van der Waals surface area contributed by atoms with Crippen molar-refractivity contribution in [3.05, 3.63) is 29.8 Å². The lowest BCUT2D eigenvalue weighted by atomic mass is 10.1. The highest BCUT2D eigenvalue weighted by Crippen LogP contribution is 2.20. The van der Waals surface area contributed by atoms with Gasteiger partial charge < -0.3 is 9.84 Å². The molecule has 2 atom stereocenters. The zero-order chi connectivity index (χ0) is 11.4. The molecule has 1 fully saturated rings. The summed E-state index contributed by atoms with van der Waals surface area (Å²) >= 11 is 0. The number of hydrogen-bond donors (Lipinski definition) is 2. The second-order valence-corrected chi connectivity index (χ2v) is 3.85. The Kier molecular flexibility index (Phi) is 3.40. The van der Waals surface area contributed by atoms with Crippen LogP contribution < -0.4 is 10.1 Å². The molecule has 2 unspecified atom stereocenters. The van der Waals surface area contributed by atoms with E-state index in [9.17, 15) is 5.11 Å². The Labute approximate surface area is 94.5 Å². The predicted octanol–water partition coefficient (Wildman–Crippen LogP) is 1.01. The van der Waals surface area contributed by atoms with Crippen molar-refractivity contribution in [2.75, 3.05) is 6.54 Å². The summed E-state index contributed by atoms with van der Waals surface area (Å²) in [5.74, 6) is 0.566. The molecule has 0 amide bonds. The molecule has 4 heteroatoms. The van der Waals surface area contributed by atoms with E-state index in [1.165, 1.54) is 0 Å². The summed E-state index contributed by atoms with van der Waals surface area (Å²) in [7, 11) is 0. The van der Waals surface area contributed by atoms with Crippen LogP contribution in [0.1, 0.15) is 18.4 Å². The van der Waals surface area contributed by atoms with E-state index in [1.54, 1.807) is 18.2 Å². The molecule has 16 heavy (non-hydrogen) atoms. The highest BCUT2D eigenvalue weighted by atomic mass is 16.5. The van der Waals surface area contributed by atoms with Gasteiger partial charge in [-0.25, -0.2) is 0 Å². The Morgan fingerprint density at radius 2 is 2.25 bits per heavy atom. The van der Waals surface area contributed by atoms with Gasteiger partial charge in [0.15, 0.2) is 6.23 Å². The van der Waals surface area contributed by atoms with E-state index in [2.05, 4.69) is 11.4 Å². The van der Waals surface area contributed by atoms with E-state index in [0.29, 0.717) is 17.7 Å². The molecule has 2 rings (SSSR count). The molecule has 1 aromatic carbocycles. The summed E-state index contributed by atoms with van der Waals surface area (Å²) in [5.41, 5.74) is 0.518. The van der Waals surface area contributed by atoms with Gasteiger partial charge in [-0.15, -0.1) is 0 Å². The molecule has 1 aliphatic rings. The number of benzene rings is 1. The molecule has 0 bridgehead atoms. The molecule has 1 aromatic rings. The minimum atomic E-state index is -0.319. The first-order chi connectivity index (χ1) is 7.79. The Morgan fingerprint density at radius 1 is 1.44 bits per heavy atom. The number of nitrogens with one attached hydrogen (secondary N) is 1. The second-order valence-electron chi connectivity index (χ2n) is 3.85. The van der Waals surface area contributed by atoms with Crippen LogP contribution in [0, 0.1) is 11.3 Å². The van der Waals surface area contributed by atoms with E-state index < -0.39 is 0 Å². The smallest absolute Gasteiger partial charge is 0.152 e. The first-order valence-corrected chi connectivity index (χ1v) is 5.37. The van der Waals surface area contributed by atoms with Crippen LogP contribution >= 0.6 is 0 Å². The Hall–Kier alpha value is -1.57. The molecule has 1 heterocycles. The van der Waals surface area contributed by atoms with Crippen molar-refractivity contribution in [1.29, 1.82) is 5.26 Å². The maximum Gasteiger partial charge on any atom is 0.152 e. The van der Waals surface area contributed by atoms with Crippen molar-refractivity contribution in [3.8, 4) is 11.8 Å². The molecule has 0 saturated carbocycles. The lowest BCUT2D eigenvalue weighted by Crippen LogP contribution is -2.43. The molecule has 1 saturated heterocycles. The van der Waals surface area contributed by atoms with E-state index in [1.807, 2.05) is 6.07 Å². The van der Waals surface area contributed by atoms with E-state index in [4.69, 9.17) is 10.00 Å². The number of hydrogen-bond acceptors (Lipinski definition) is 4. The second kappa shape index (κ2) is 4.97. The summed E-state index contributed by atoms with van der Waals surface area (Å²) in [5, 5.41) is 21.6. The largest absolute Gasteiger partial charge is 0.474 e. The lowest BCUT2D eigenvalue weighted by Gasteiger charge is -2.28. The average molecular weight is 218 g/mol. The Morgan fingerprint density at radius 3 is 3.00 bits per heavy atom. The third-order valence-corrected chi connectivity index (χ3v) is 2.61. The standard InChI is InChI=1S/C12H14N2O2/c13-8-9-3-1-2-4-11(9)16-12-7-10(15)5-6-14-12/h1-4,10,12,14-15H,5-7H2. The van der Waals surface area contributed by atoms with Crippen LogP contribution in [-0.2, 0) is 0 Å². The summed E-state index contributed by atoms with van der Waals surface area (Å²) in [6, 6.07) is 9.19. The number of para-hydroxylation sites is 1. The van der Waals surface area contributed by atoms with Gasteiger partial charge in [0.25, 0.3) is 0 Å². The zero-order valence-corrected chi connectivity index (χ0v) is 8.89. The molecule has 2 N–H and O–H groups in total. The third-order valence-electron chi connectivity index (χ3n) is 2.61. The first kappa shape index (κ1) is 10.9. The minimum Gasteiger partial charge on any atom is -0.474 e. The quantitative estimate of drug-likeness (QED) is 0.777. The van der Waals surface area contributed by atoms with Crippen LogP contribution in [0.4, 0.5) is 0 Å². The zero-order valence-electron chi connectivity index (χ0n) is 8.89. The van der Waals surface area contributed by atoms with Gasteiger partial charge >= 0.3 is 0 Å².